The van der Waals surface area contributed by atoms with E-state index < -0.39 is 0 Å². The number of rotatable bonds is 3. The Hall–Kier alpha value is -2.08. The summed E-state index contributed by atoms with van der Waals surface area (Å²) in [6.07, 6.45) is 6.22. The quantitative estimate of drug-likeness (QED) is 0.819. The fourth-order valence-corrected chi connectivity index (χ4v) is 5.57. The lowest BCUT2D eigenvalue weighted by atomic mass is 9.78. The highest BCUT2D eigenvalue weighted by Gasteiger charge is 2.50. The van der Waals surface area contributed by atoms with Crippen LogP contribution in [-0.2, 0) is 9.59 Å². The molecule has 2 heterocycles. The van der Waals surface area contributed by atoms with Gasteiger partial charge < -0.3 is 20.2 Å². The van der Waals surface area contributed by atoms with Crippen molar-refractivity contribution in [3.8, 4) is 0 Å². The van der Waals surface area contributed by atoms with Gasteiger partial charge in [-0.2, -0.15) is 0 Å². The molecule has 2 saturated heterocycles. The van der Waals surface area contributed by atoms with Crippen molar-refractivity contribution in [3.63, 3.8) is 0 Å². The zero-order valence-corrected chi connectivity index (χ0v) is 17.6. The van der Waals surface area contributed by atoms with Gasteiger partial charge in [0.05, 0.1) is 11.5 Å². The van der Waals surface area contributed by atoms with E-state index in [0.717, 1.165) is 81.5 Å². The zero-order valence-electron chi connectivity index (χ0n) is 17.6. The van der Waals surface area contributed by atoms with E-state index in [9.17, 15) is 14.7 Å². The number of aliphatic hydroxyl groups excluding tert-OH is 1. The van der Waals surface area contributed by atoms with E-state index in [1.165, 1.54) is 6.92 Å². The first kappa shape index (κ1) is 20.2. The molecule has 1 aromatic rings. The summed E-state index contributed by atoms with van der Waals surface area (Å²) >= 11 is 0. The van der Waals surface area contributed by atoms with E-state index in [0.29, 0.717) is 11.9 Å². The Morgan fingerprint density at radius 2 is 1.93 bits per heavy atom. The average molecular weight is 400 g/mol. The smallest absolute Gasteiger partial charge is 0.230 e. The maximum atomic E-state index is 13.5. The average Bonchev–Trinajstić information content (AvgIpc) is 2.98. The number of amides is 2. The number of hydrogen-bond donors (Lipinski definition) is 2. The Labute approximate surface area is 173 Å². The summed E-state index contributed by atoms with van der Waals surface area (Å²) in [6.45, 7) is 6.18. The highest BCUT2D eigenvalue weighted by molar-refractivity contribution is 5.89. The molecule has 29 heavy (non-hydrogen) atoms. The highest BCUT2D eigenvalue weighted by Crippen LogP contribution is 2.44. The molecule has 4 rings (SSSR count). The van der Waals surface area contributed by atoms with Gasteiger partial charge in [0.1, 0.15) is 0 Å². The van der Waals surface area contributed by atoms with E-state index in [1.807, 2.05) is 12.1 Å². The Balaban J connectivity index is 1.48. The van der Waals surface area contributed by atoms with Crippen LogP contribution in [0.5, 0.6) is 0 Å². The van der Waals surface area contributed by atoms with Crippen LogP contribution in [0.3, 0.4) is 0 Å². The van der Waals surface area contributed by atoms with Crippen LogP contribution in [-0.4, -0.2) is 53.6 Å². The van der Waals surface area contributed by atoms with Gasteiger partial charge in [-0.05, 0) is 75.6 Å². The molecule has 0 radical (unpaired) electrons. The zero-order chi connectivity index (χ0) is 20.6. The van der Waals surface area contributed by atoms with Gasteiger partial charge in [-0.1, -0.05) is 0 Å². The van der Waals surface area contributed by atoms with Gasteiger partial charge in [-0.25, -0.2) is 0 Å². The summed E-state index contributed by atoms with van der Waals surface area (Å²) in [6, 6.07) is 6.33. The molecule has 2 amide bonds. The molecular weight excluding hydrogens is 366 g/mol. The van der Waals surface area contributed by atoms with Crippen LogP contribution in [0.1, 0.15) is 57.4 Å². The first-order valence-electron chi connectivity index (χ1n) is 11.0. The minimum atomic E-state index is -0.267. The summed E-state index contributed by atoms with van der Waals surface area (Å²) in [5, 5.41) is 12.6. The second-order valence-electron chi connectivity index (χ2n) is 9.20. The van der Waals surface area contributed by atoms with Crippen molar-refractivity contribution in [1.29, 1.82) is 0 Å². The Bertz CT molecular complexity index is 788. The molecule has 0 bridgehead atoms. The molecule has 0 aromatic heterocycles. The highest BCUT2D eigenvalue weighted by atomic mass is 16.3. The molecule has 6 nitrogen and oxygen atoms in total. The molecule has 6 heteroatoms. The lowest BCUT2D eigenvalue weighted by Crippen LogP contribution is -2.50. The van der Waals surface area contributed by atoms with Crippen LogP contribution in [0, 0.1) is 12.3 Å². The van der Waals surface area contributed by atoms with Gasteiger partial charge in [0.15, 0.2) is 0 Å². The summed E-state index contributed by atoms with van der Waals surface area (Å²) in [7, 11) is 0. The molecular formula is C23H33N3O3. The molecule has 3 aliphatic rings. The van der Waals surface area contributed by atoms with E-state index in [2.05, 4.69) is 28.1 Å². The van der Waals surface area contributed by atoms with Crippen LogP contribution < -0.4 is 10.2 Å². The molecule has 1 saturated carbocycles. The van der Waals surface area contributed by atoms with Crippen LogP contribution >= 0.6 is 0 Å². The molecule has 1 aromatic carbocycles. The predicted octanol–water partition coefficient (Wildman–Crippen LogP) is 3.08. The Morgan fingerprint density at radius 3 is 2.62 bits per heavy atom. The van der Waals surface area contributed by atoms with Crippen LogP contribution in [0.25, 0.3) is 0 Å². The van der Waals surface area contributed by atoms with Gasteiger partial charge in [0.2, 0.25) is 11.8 Å². The van der Waals surface area contributed by atoms with E-state index >= 15 is 0 Å². The van der Waals surface area contributed by atoms with E-state index in [1.54, 1.807) is 0 Å². The maximum absolute atomic E-state index is 13.5. The molecule has 3 fully saturated rings. The second-order valence-corrected chi connectivity index (χ2v) is 9.20. The van der Waals surface area contributed by atoms with Gasteiger partial charge in [0, 0.05) is 44.0 Å². The van der Waals surface area contributed by atoms with Gasteiger partial charge in [0.25, 0.3) is 0 Å². The van der Waals surface area contributed by atoms with Crippen molar-refractivity contribution in [2.45, 2.75) is 70.9 Å². The number of carbonyl (C=O) groups excluding carboxylic acids is 2. The minimum absolute atomic E-state index is 0.0686. The normalized spacial score (nSPS) is 30.1. The number of hydrogen-bond acceptors (Lipinski definition) is 4. The first-order chi connectivity index (χ1) is 13.9. The summed E-state index contributed by atoms with van der Waals surface area (Å²) < 4.78 is 0. The fourth-order valence-electron chi connectivity index (χ4n) is 5.57. The topological polar surface area (TPSA) is 72.9 Å². The van der Waals surface area contributed by atoms with Crippen LogP contribution in [0.4, 0.5) is 11.4 Å². The summed E-state index contributed by atoms with van der Waals surface area (Å²) in [5.41, 5.74) is 2.83. The van der Waals surface area contributed by atoms with E-state index in [-0.39, 0.29) is 17.4 Å². The van der Waals surface area contributed by atoms with E-state index in [4.69, 9.17) is 0 Å². The van der Waals surface area contributed by atoms with Crippen LogP contribution in [0.2, 0.25) is 0 Å². The first-order valence-corrected chi connectivity index (χ1v) is 11.0. The van der Waals surface area contributed by atoms with Gasteiger partial charge in [-0.3, -0.25) is 9.59 Å². The molecule has 1 unspecified atom stereocenters. The number of aryl methyl sites for hydroxylation is 1. The number of nitrogens with zero attached hydrogens (tertiary/aromatic N) is 2. The third-order valence-electron chi connectivity index (χ3n) is 7.09. The standard InChI is InChI=1S/C23H33N3O3/c1-16-14-18(24-17(2)27)4-9-21(16)25-12-3-10-23(15-25)11-13-26(22(23)29)19-5-7-20(28)8-6-19/h4,9,14,19-20,28H,3,5-8,10-13,15H2,1-2H3,(H,24,27). The Morgan fingerprint density at radius 1 is 1.17 bits per heavy atom. The van der Waals surface area contributed by atoms with Crippen LogP contribution in [0.15, 0.2) is 18.2 Å². The molecule has 1 spiro atoms. The Kier molecular flexibility index (Phi) is 5.56. The molecule has 1 aliphatic carbocycles. The third kappa shape index (κ3) is 4.00. The number of nitrogens with one attached hydrogen (secondary N) is 1. The molecule has 1 atom stereocenters. The number of benzene rings is 1. The summed E-state index contributed by atoms with van der Waals surface area (Å²) in [5.74, 6) is 0.261. The minimum Gasteiger partial charge on any atom is -0.393 e. The number of aliphatic hydroxyl groups is 1. The van der Waals surface area contributed by atoms with Crippen molar-refractivity contribution in [2.75, 3.05) is 29.9 Å². The van der Waals surface area contributed by atoms with Gasteiger partial charge in [-0.15, -0.1) is 0 Å². The largest absolute Gasteiger partial charge is 0.393 e. The number of anilines is 2. The second kappa shape index (κ2) is 7.98. The number of likely N-dealkylation sites (tertiary alicyclic amines) is 1. The molecule has 2 N–H and O–H groups in total. The number of carbonyl (C=O) groups is 2. The van der Waals surface area contributed by atoms with Crippen molar-refractivity contribution < 1.29 is 14.7 Å². The maximum Gasteiger partial charge on any atom is 0.230 e. The number of piperidine rings is 1. The van der Waals surface area contributed by atoms with Crippen molar-refractivity contribution in [2.24, 2.45) is 5.41 Å². The summed E-state index contributed by atoms with van der Waals surface area (Å²) in [4.78, 5) is 29.3. The van der Waals surface area contributed by atoms with Crippen molar-refractivity contribution in [1.82, 2.24) is 4.90 Å². The van der Waals surface area contributed by atoms with Gasteiger partial charge >= 0.3 is 0 Å². The third-order valence-corrected chi connectivity index (χ3v) is 7.09. The van der Waals surface area contributed by atoms with Crippen molar-refractivity contribution >= 4 is 23.2 Å². The lowest BCUT2D eigenvalue weighted by Gasteiger charge is -2.42. The molecule has 158 valence electrons. The molecule has 2 aliphatic heterocycles. The predicted molar refractivity (Wildman–Crippen MR) is 114 cm³/mol. The van der Waals surface area contributed by atoms with Crippen molar-refractivity contribution in [3.05, 3.63) is 23.8 Å². The fraction of sp³-hybridized carbons (Fsp3) is 0.652. The SMILES string of the molecule is CC(=O)Nc1ccc(N2CCCC3(CCN(C4CCC(O)CC4)C3=O)C2)c(C)c1. The lowest BCUT2D eigenvalue weighted by molar-refractivity contribution is -0.139. The monoisotopic (exact) mass is 399 g/mol.